The van der Waals surface area contributed by atoms with Gasteiger partial charge >= 0.3 is 5.97 Å². The van der Waals surface area contributed by atoms with Gasteiger partial charge in [0.15, 0.2) is 0 Å². The van der Waals surface area contributed by atoms with E-state index in [9.17, 15) is 14.4 Å². The van der Waals surface area contributed by atoms with Gasteiger partial charge in [-0.2, -0.15) is 4.89 Å². The zero-order chi connectivity index (χ0) is 17.8. The summed E-state index contributed by atoms with van der Waals surface area (Å²) in [6.45, 7) is 11.3. The summed E-state index contributed by atoms with van der Waals surface area (Å²) >= 11 is 0. The molecule has 0 atom stereocenters. The van der Waals surface area contributed by atoms with Crippen LogP contribution in [-0.2, 0) is 29.2 Å². The van der Waals surface area contributed by atoms with Crippen LogP contribution in [0.4, 0.5) is 0 Å². The maximum Gasteiger partial charge on any atom is 0.347 e. The normalized spacial score (nSPS) is 15.9. The first-order valence-corrected chi connectivity index (χ1v) is 7.51. The van der Waals surface area contributed by atoms with Gasteiger partial charge in [-0.25, -0.2) is 4.79 Å². The van der Waals surface area contributed by atoms with Gasteiger partial charge in [0.2, 0.25) is 0 Å². The fourth-order valence-corrected chi connectivity index (χ4v) is 2.55. The van der Waals surface area contributed by atoms with Crippen molar-refractivity contribution in [2.75, 3.05) is 6.54 Å². The van der Waals surface area contributed by atoms with E-state index in [1.807, 2.05) is 13.8 Å². The standard InChI is InChI=1S/C16H25NO6/c1-11-9-12(18)17(14(11)20)8-7-13(19)21-23-22-16(5,6)10-15(2,3)4/h9H,7-8,10H2,1-6H3. The average molecular weight is 327 g/mol. The highest BCUT2D eigenvalue weighted by atomic mass is 17.5. The Kier molecular flexibility index (Phi) is 6.07. The van der Waals surface area contributed by atoms with E-state index in [1.165, 1.54) is 6.08 Å². The lowest BCUT2D eigenvalue weighted by molar-refractivity contribution is -0.518. The van der Waals surface area contributed by atoms with Crippen LogP contribution in [0, 0.1) is 5.41 Å². The van der Waals surface area contributed by atoms with E-state index in [0.29, 0.717) is 12.0 Å². The SMILES string of the molecule is CC1=CC(=O)N(CCC(=O)OOOC(C)(C)CC(C)(C)C)C1=O. The van der Waals surface area contributed by atoms with Gasteiger partial charge in [0.1, 0.15) is 5.60 Å². The number of hydrogen-bond acceptors (Lipinski definition) is 6. The van der Waals surface area contributed by atoms with Gasteiger partial charge in [0, 0.05) is 18.2 Å². The Morgan fingerprint density at radius 3 is 2.26 bits per heavy atom. The molecule has 0 aromatic rings. The van der Waals surface area contributed by atoms with Crippen molar-refractivity contribution in [2.45, 2.75) is 60.0 Å². The molecule has 0 saturated heterocycles. The van der Waals surface area contributed by atoms with Crippen molar-refractivity contribution < 1.29 is 29.2 Å². The largest absolute Gasteiger partial charge is 0.347 e. The topological polar surface area (TPSA) is 82.1 Å². The first-order chi connectivity index (χ1) is 10.4. The molecule has 2 amide bonds. The third-order valence-electron chi connectivity index (χ3n) is 3.07. The smallest absolute Gasteiger partial charge is 0.275 e. The molecule has 23 heavy (non-hydrogen) atoms. The molecule has 130 valence electrons. The second kappa shape index (κ2) is 7.23. The second-order valence-corrected chi connectivity index (χ2v) is 7.48. The van der Waals surface area contributed by atoms with Crippen LogP contribution in [0.3, 0.4) is 0 Å². The van der Waals surface area contributed by atoms with Gasteiger partial charge in [-0.05, 0) is 37.6 Å². The maximum atomic E-state index is 11.6. The summed E-state index contributed by atoms with van der Waals surface area (Å²) in [4.78, 5) is 45.3. The lowest BCUT2D eigenvalue weighted by atomic mass is 9.84. The molecule has 0 spiro atoms. The van der Waals surface area contributed by atoms with E-state index in [-0.39, 0.29) is 18.4 Å². The molecule has 1 aliphatic heterocycles. The van der Waals surface area contributed by atoms with Crippen LogP contribution in [0.15, 0.2) is 11.6 Å². The highest BCUT2D eigenvalue weighted by molar-refractivity contribution is 6.15. The highest BCUT2D eigenvalue weighted by Crippen LogP contribution is 2.29. The van der Waals surface area contributed by atoms with Crippen molar-refractivity contribution >= 4 is 17.8 Å². The van der Waals surface area contributed by atoms with Gasteiger partial charge in [-0.3, -0.25) is 19.4 Å². The van der Waals surface area contributed by atoms with Crippen molar-refractivity contribution in [1.82, 2.24) is 4.90 Å². The lowest BCUT2D eigenvalue weighted by Crippen LogP contribution is -2.33. The molecular weight excluding hydrogens is 302 g/mol. The van der Waals surface area contributed by atoms with E-state index in [4.69, 9.17) is 4.89 Å². The van der Waals surface area contributed by atoms with Crippen LogP contribution < -0.4 is 0 Å². The van der Waals surface area contributed by atoms with Gasteiger partial charge in [0.25, 0.3) is 11.8 Å². The Hall–Kier alpha value is -1.73. The van der Waals surface area contributed by atoms with Crippen molar-refractivity contribution in [3.8, 4) is 0 Å². The molecule has 0 aromatic carbocycles. The van der Waals surface area contributed by atoms with Crippen molar-refractivity contribution in [3.05, 3.63) is 11.6 Å². The molecule has 0 bridgehead atoms. The van der Waals surface area contributed by atoms with Gasteiger partial charge in [-0.1, -0.05) is 20.8 Å². The molecule has 1 rings (SSSR count). The summed E-state index contributed by atoms with van der Waals surface area (Å²) in [5.74, 6) is -1.54. The zero-order valence-corrected chi connectivity index (χ0v) is 14.6. The summed E-state index contributed by atoms with van der Waals surface area (Å²) in [5.41, 5.74) is -0.245. The molecule has 0 radical (unpaired) electrons. The Morgan fingerprint density at radius 2 is 1.78 bits per heavy atom. The molecule has 0 fully saturated rings. The Bertz CT molecular complexity index is 515. The summed E-state index contributed by atoms with van der Waals surface area (Å²) in [6.07, 6.45) is 1.77. The fourth-order valence-electron chi connectivity index (χ4n) is 2.55. The molecule has 0 aromatic heterocycles. The van der Waals surface area contributed by atoms with Crippen LogP contribution >= 0.6 is 0 Å². The minimum absolute atomic E-state index is 0.0260. The van der Waals surface area contributed by atoms with Crippen LogP contribution in [-0.4, -0.2) is 34.8 Å². The number of carbonyl (C=O) groups is 3. The summed E-state index contributed by atoms with van der Waals surface area (Å²) in [7, 11) is 0. The Balaban J connectivity index is 2.31. The molecular formula is C16H25NO6. The maximum absolute atomic E-state index is 11.6. The molecule has 0 N–H and O–H groups in total. The summed E-state index contributed by atoms with van der Waals surface area (Å²) in [5, 5.41) is 4.55. The molecule has 0 aliphatic carbocycles. The predicted molar refractivity (Wildman–Crippen MR) is 81.5 cm³/mol. The molecule has 1 aliphatic rings. The minimum Gasteiger partial charge on any atom is -0.275 e. The second-order valence-electron chi connectivity index (χ2n) is 7.48. The fraction of sp³-hybridized carbons (Fsp3) is 0.688. The number of carbonyl (C=O) groups excluding carboxylic acids is 3. The monoisotopic (exact) mass is 327 g/mol. The molecule has 7 nitrogen and oxygen atoms in total. The van der Waals surface area contributed by atoms with Crippen LogP contribution in [0.2, 0.25) is 0 Å². The van der Waals surface area contributed by atoms with Crippen LogP contribution in [0.5, 0.6) is 0 Å². The summed E-state index contributed by atoms with van der Waals surface area (Å²) < 4.78 is 0. The van der Waals surface area contributed by atoms with E-state index in [0.717, 1.165) is 4.90 Å². The zero-order valence-electron chi connectivity index (χ0n) is 14.6. The first-order valence-electron chi connectivity index (χ1n) is 7.51. The predicted octanol–water partition coefficient (Wildman–Crippen LogP) is 2.31. The van der Waals surface area contributed by atoms with Crippen molar-refractivity contribution in [1.29, 1.82) is 0 Å². The average Bonchev–Trinajstić information content (AvgIpc) is 2.58. The minimum atomic E-state index is -0.721. The Labute approximate surface area is 136 Å². The molecule has 1 heterocycles. The highest BCUT2D eigenvalue weighted by Gasteiger charge is 2.30. The first kappa shape index (κ1) is 19.3. The van der Waals surface area contributed by atoms with Crippen LogP contribution in [0.1, 0.15) is 54.4 Å². The van der Waals surface area contributed by atoms with E-state index < -0.39 is 23.4 Å². The Morgan fingerprint density at radius 1 is 1.17 bits per heavy atom. The van der Waals surface area contributed by atoms with E-state index in [1.54, 1.807) is 6.92 Å². The van der Waals surface area contributed by atoms with Crippen molar-refractivity contribution in [3.63, 3.8) is 0 Å². The quantitative estimate of drug-likeness (QED) is 0.405. The number of imide groups is 1. The van der Waals surface area contributed by atoms with Gasteiger partial charge in [0.05, 0.1) is 6.42 Å². The number of nitrogens with zero attached hydrogens (tertiary/aromatic N) is 1. The molecule has 0 unspecified atom stereocenters. The molecule has 0 saturated carbocycles. The third kappa shape index (κ3) is 6.50. The number of rotatable bonds is 7. The molecule has 7 heteroatoms. The van der Waals surface area contributed by atoms with E-state index >= 15 is 0 Å². The summed E-state index contributed by atoms with van der Waals surface area (Å²) in [6, 6.07) is 0. The number of hydrogen-bond donors (Lipinski definition) is 0. The van der Waals surface area contributed by atoms with Gasteiger partial charge < -0.3 is 0 Å². The third-order valence-corrected chi connectivity index (χ3v) is 3.07. The lowest BCUT2D eigenvalue weighted by Gasteiger charge is -2.29. The van der Waals surface area contributed by atoms with Crippen LogP contribution in [0.25, 0.3) is 0 Å². The van der Waals surface area contributed by atoms with Crippen molar-refractivity contribution in [2.24, 2.45) is 5.41 Å². The van der Waals surface area contributed by atoms with Gasteiger partial charge in [-0.15, -0.1) is 0 Å². The number of amides is 2. The van der Waals surface area contributed by atoms with E-state index in [2.05, 4.69) is 30.7 Å².